The minimum atomic E-state index is -0.513. The summed E-state index contributed by atoms with van der Waals surface area (Å²) in [5, 5.41) is 13.6. The third kappa shape index (κ3) is 4.75. The number of anilines is 2. The SMILES string of the molecule is Cc1cccc(Oc2ccc(NC(=O)[C@@H]3CC(=O)N(c4ccc([N+](=O)[O-])cc4)C3)cc2)c1. The van der Waals surface area contributed by atoms with Gasteiger partial charge in [-0.05, 0) is 61.0 Å². The first-order valence-electron chi connectivity index (χ1n) is 10.1. The summed E-state index contributed by atoms with van der Waals surface area (Å²) in [6, 6.07) is 20.5. The van der Waals surface area contributed by atoms with Gasteiger partial charge in [-0.3, -0.25) is 19.7 Å². The number of aryl methyl sites for hydroxylation is 1. The maximum absolute atomic E-state index is 12.7. The first kappa shape index (κ1) is 21.0. The van der Waals surface area contributed by atoms with Crippen LogP contribution in [0.1, 0.15) is 12.0 Å². The van der Waals surface area contributed by atoms with Crippen molar-refractivity contribution in [3.63, 3.8) is 0 Å². The Bertz CT molecular complexity index is 1160. The molecule has 0 radical (unpaired) electrons. The molecule has 1 fully saturated rings. The number of hydrogen-bond donors (Lipinski definition) is 1. The number of nitro groups is 1. The maximum atomic E-state index is 12.7. The smallest absolute Gasteiger partial charge is 0.269 e. The Morgan fingerprint density at radius 1 is 1.06 bits per heavy atom. The molecule has 1 aliphatic rings. The van der Waals surface area contributed by atoms with E-state index in [0.29, 0.717) is 17.1 Å². The van der Waals surface area contributed by atoms with Gasteiger partial charge in [0.1, 0.15) is 11.5 Å². The van der Waals surface area contributed by atoms with Gasteiger partial charge in [-0.25, -0.2) is 0 Å². The van der Waals surface area contributed by atoms with Gasteiger partial charge in [-0.15, -0.1) is 0 Å². The predicted octanol–water partition coefficient (Wildman–Crippen LogP) is 4.69. The van der Waals surface area contributed by atoms with Crippen LogP contribution in [0.15, 0.2) is 72.8 Å². The highest BCUT2D eigenvalue weighted by atomic mass is 16.6. The van der Waals surface area contributed by atoms with Crippen molar-refractivity contribution < 1.29 is 19.2 Å². The molecule has 0 unspecified atom stereocenters. The monoisotopic (exact) mass is 431 g/mol. The molecule has 4 rings (SSSR count). The highest BCUT2D eigenvalue weighted by Crippen LogP contribution is 2.28. The number of rotatable bonds is 6. The summed E-state index contributed by atoms with van der Waals surface area (Å²) >= 11 is 0. The highest BCUT2D eigenvalue weighted by Gasteiger charge is 2.35. The van der Waals surface area contributed by atoms with Crippen molar-refractivity contribution in [2.45, 2.75) is 13.3 Å². The van der Waals surface area contributed by atoms with Gasteiger partial charge in [0.15, 0.2) is 0 Å². The van der Waals surface area contributed by atoms with E-state index in [2.05, 4.69) is 5.32 Å². The number of nitrogens with zero attached hydrogens (tertiary/aromatic N) is 2. The fourth-order valence-electron chi connectivity index (χ4n) is 3.55. The van der Waals surface area contributed by atoms with Crippen molar-refractivity contribution in [3.8, 4) is 11.5 Å². The molecule has 3 aromatic carbocycles. The molecule has 3 aromatic rings. The first-order chi connectivity index (χ1) is 15.4. The van der Waals surface area contributed by atoms with Gasteiger partial charge in [0.05, 0.1) is 10.8 Å². The molecule has 2 amide bonds. The topological polar surface area (TPSA) is 102 Å². The van der Waals surface area contributed by atoms with Crippen molar-refractivity contribution in [2.75, 3.05) is 16.8 Å². The number of hydrogen-bond acceptors (Lipinski definition) is 5. The zero-order valence-electron chi connectivity index (χ0n) is 17.4. The van der Waals surface area contributed by atoms with E-state index < -0.39 is 10.8 Å². The molecule has 1 heterocycles. The second-order valence-corrected chi connectivity index (χ2v) is 7.61. The third-order valence-electron chi connectivity index (χ3n) is 5.22. The van der Waals surface area contributed by atoms with Crippen LogP contribution in [0.2, 0.25) is 0 Å². The van der Waals surface area contributed by atoms with Crippen LogP contribution < -0.4 is 15.0 Å². The largest absolute Gasteiger partial charge is 0.457 e. The van der Waals surface area contributed by atoms with Crippen molar-refractivity contribution in [2.24, 2.45) is 5.92 Å². The molecule has 8 nitrogen and oxygen atoms in total. The number of carbonyl (C=O) groups excluding carboxylic acids is 2. The molecule has 1 aliphatic heterocycles. The van der Waals surface area contributed by atoms with E-state index in [-0.39, 0.29) is 30.5 Å². The third-order valence-corrected chi connectivity index (χ3v) is 5.22. The van der Waals surface area contributed by atoms with Gasteiger partial charge < -0.3 is 15.0 Å². The summed E-state index contributed by atoms with van der Waals surface area (Å²) in [4.78, 5) is 36.9. The maximum Gasteiger partial charge on any atom is 0.269 e. The minimum Gasteiger partial charge on any atom is -0.457 e. The number of ether oxygens (including phenoxy) is 1. The average molecular weight is 431 g/mol. The zero-order valence-corrected chi connectivity index (χ0v) is 17.4. The van der Waals surface area contributed by atoms with Crippen molar-refractivity contribution >= 4 is 28.9 Å². The van der Waals surface area contributed by atoms with Crippen molar-refractivity contribution in [1.29, 1.82) is 0 Å². The van der Waals surface area contributed by atoms with Gasteiger partial charge in [-0.1, -0.05) is 12.1 Å². The fourth-order valence-corrected chi connectivity index (χ4v) is 3.55. The van der Waals surface area contributed by atoms with E-state index in [1.165, 1.54) is 29.2 Å². The summed E-state index contributed by atoms with van der Waals surface area (Å²) in [6.07, 6.45) is 0.0807. The normalized spacial score (nSPS) is 15.5. The Labute approximate surface area is 184 Å². The van der Waals surface area contributed by atoms with Crippen LogP contribution in [0, 0.1) is 23.0 Å². The molecule has 0 bridgehead atoms. The van der Waals surface area contributed by atoms with E-state index in [4.69, 9.17) is 4.74 Å². The molecule has 0 spiro atoms. The standard InChI is InChI=1S/C24H21N3O5/c1-16-3-2-4-22(13-16)32-21-11-5-18(6-12-21)25-24(29)17-14-23(28)26(15-17)19-7-9-20(10-8-19)27(30)31/h2-13,17H,14-15H2,1H3,(H,25,29)/t17-/m1/s1. The molecule has 162 valence electrons. The van der Waals surface area contributed by atoms with E-state index in [0.717, 1.165) is 11.3 Å². The molecule has 1 atom stereocenters. The summed E-state index contributed by atoms with van der Waals surface area (Å²) < 4.78 is 5.81. The lowest BCUT2D eigenvalue weighted by Gasteiger charge is -2.16. The second kappa shape index (κ2) is 8.89. The zero-order chi connectivity index (χ0) is 22.7. The number of amides is 2. The minimum absolute atomic E-state index is 0.0514. The van der Waals surface area contributed by atoms with E-state index in [1.807, 2.05) is 31.2 Å². The lowest BCUT2D eigenvalue weighted by molar-refractivity contribution is -0.384. The number of nitrogens with one attached hydrogen (secondary N) is 1. The van der Waals surface area contributed by atoms with Crippen molar-refractivity contribution in [1.82, 2.24) is 0 Å². The highest BCUT2D eigenvalue weighted by molar-refractivity contribution is 6.03. The van der Waals surface area contributed by atoms with Crippen LogP contribution in [0.25, 0.3) is 0 Å². The lowest BCUT2D eigenvalue weighted by atomic mass is 10.1. The van der Waals surface area contributed by atoms with E-state index in [9.17, 15) is 19.7 Å². The number of non-ortho nitro benzene ring substituents is 1. The van der Waals surface area contributed by atoms with Crippen LogP contribution >= 0.6 is 0 Å². The summed E-state index contributed by atoms with van der Waals surface area (Å²) in [5.74, 6) is 0.420. The van der Waals surface area contributed by atoms with Gasteiger partial charge >= 0.3 is 0 Å². The van der Waals surface area contributed by atoms with Gasteiger partial charge in [-0.2, -0.15) is 0 Å². The fraction of sp³-hybridized carbons (Fsp3) is 0.167. The molecule has 1 saturated heterocycles. The van der Waals surface area contributed by atoms with Crippen LogP contribution in [-0.2, 0) is 9.59 Å². The molecular formula is C24H21N3O5. The van der Waals surface area contributed by atoms with Gasteiger partial charge in [0.2, 0.25) is 11.8 Å². The van der Waals surface area contributed by atoms with Crippen LogP contribution in [0.3, 0.4) is 0 Å². The average Bonchev–Trinajstić information content (AvgIpc) is 3.17. The number of nitro benzene ring substituents is 1. The van der Waals surface area contributed by atoms with E-state index >= 15 is 0 Å². The molecule has 1 N–H and O–H groups in total. The Hall–Kier alpha value is -4.20. The molecule has 0 aliphatic carbocycles. The van der Waals surface area contributed by atoms with Crippen molar-refractivity contribution in [3.05, 3.63) is 88.5 Å². The number of benzene rings is 3. The number of carbonyl (C=O) groups is 2. The molecule has 8 heteroatoms. The Kier molecular flexibility index (Phi) is 5.85. The first-order valence-corrected chi connectivity index (χ1v) is 10.1. The predicted molar refractivity (Wildman–Crippen MR) is 120 cm³/mol. The van der Waals surface area contributed by atoms with Crippen LogP contribution in [0.5, 0.6) is 11.5 Å². The molecular weight excluding hydrogens is 410 g/mol. The Morgan fingerprint density at radius 3 is 2.44 bits per heavy atom. The lowest BCUT2D eigenvalue weighted by Crippen LogP contribution is -2.28. The molecule has 0 aromatic heterocycles. The Balaban J connectivity index is 1.36. The van der Waals surface area contributed by atoms with Crippen LogP contribution in [-0.4, -0.2) is 23.3 Å². The second-order valence-electron chi connectivity index (χ2n) is 7.61. The molecule has 0 saturated carbocycles. The Morgan fingerprint density at radius 2 is 1.78 bits per heavy atom. The van der Waals surface area contributed by atoms with E-state index in [1.54, 1.807) is 24.3 Å². The summed E-state index contributed by atoms with van der Waals surface area (Å²) in [6.45, 7) is 2.21. The van der Waals surface area contributed by atoms with Crippen LogP contribution in [0.4, 0.5) is 17.1 Å². The molecule has 32 heavy (non-hydrogen) atoms. The van der Waals surface area contributed by atoms with Gasteiger partial charge in [0, 0.05) is 36.5 Å². The van der Waals surface area contributed by atoms with Gasteiger partial charge in [0.25, 0.3) is 5.69 Å². The summed E-state index contributed by atoms with van der Waals surface area (Å²) in [5.41, 5.74) is 2.19. The summed E-state index contributed by atoms with van der Waals surface area (Å²) in [7, 11) is 0. The quantitative estimate of drug-likeness (QED) is 0.451.